The second-order valence-electron chi connectivity index (χ2n) is 13.8. The van der Waals surface area contributed by atoms with Crippen LogP contribution < -0.4 is 0 Å². The molecule has 2 atom stereocenters. The maximum atomic E-state index is 2.65. The molecule has 0 N–H and O–H groups in total. The molecule has 0 heteroatoms. The molecule has 0 radical (unpaired) electrons. The Hall–Kier alpha value is -2.08. The van der Waals surface area contributed by atoms with E-state index >= 15 is 0 Å². The van der Waals surface area contributed by atoms with Gasteiger partial charge in [0, 0.05) is 11.8 Å². The first kappa shape index (κ1) is 31.8. The summed E-state index contributed by atoms with van der Waals surface area (Å²) in [6.07, 6.45) is 26.0. The zero-order valence-corrected chi connectivity index (χ0v) is 27.6. The molecule has 0 heterocycles. The van der Waals surface area contributed by atoms with Gasteiger partial charge in [-0.05, 0) is 90.2 Å². The molecule has 0 amide bonds. The molecule has 0 saturated carbocycles. The van der Waals surface area contributed by atoms with Crippen LogP contribution in [0.15, 0.2) is 47.5 Å². The molecule has 2 aromatic rings. The maximum absolute atomic E-state index is 2.65. The van der Waals surface area contributed by atoms with Crippen molar-refractivity contribution in [2.24, 2.45) is 5.41 Å². The van der Waals surface area contributed by atoms with Gasteiger partial charge < -0.3 is 0 Å². The summed E-state index contributed by atoms with van der Waals surface area (Å²) in [6, 6.07) is 14.6. The molecule has 0 nitrogen and oxygen atoms in total. The number of hydrogen-bond acceptors (Lipinski definition) is 0. The van der Waals surface area contributed by atoms with E-state index in [9.17, 15) is 0 Å². The van der Waals surface area contributed by atoms with Crippen LogP contribution in [0.3, 0.4) is 0 Å². The van der Waals surface area contributed by atoms with Crippen LogP contribution >= 0.6 is 0 Å². The van der Waals surface area contributed by atoms with Crippen molar-refractivity contribution >= 4 is 12.2 Å². The van der Waals surface area contributed by atoms with E-state index in [-0.39, 0.29) is 5.41 Å². The van der Waals surface area contributed by atoms with E-state index in [1.54, 1.807) is 44.5 Å². The zero-order valence-electron chi connectivity index (χ0n) is 27.6. The third kappa shape index (κ3) is 7.29. The topological polar surface area (TPSA) is 0 Å². The molecule has 2 aliphatic rings. The van der Waals surface area contributed by atoms with Crippen molar-refractivity contribution in [1.82, 2.24) is 0 Å². The van der Waals surface area contributed by atoms with Gasteiger partial charge in [0.15, 0.2) is 0 Å². The van der Waals surface area contributed by atoms with Gasteiger partial charge in [-0.1, -0.05) is 153 Å². The maximum Gasteiger partial charge on any atom is 0.0118 e. The highest BCUT2D eigenvalue weighted by atomic mass is 14.5. The lowest BCUT2D eigenvalue weighted by Crippen LogP contribution is -2.30. The standard InChI is InChI=1S/C41H60/c1-7-11-15-17-23-31-25-19-27-35-37(31)29-33(21-13-9-3)39(35)41(5,6)40-34(22-14-10-4)30-38-32(24-18-16-12-8-2)26-20-28-36(38)40/h19-20,25-30,39-40H,7-18,21-24H2,1-6H3. The second-order valence-corrected chi connectivity index (χ2v) is 13.8. The van der Waals surface area contributed by atoms with Gasteiger partial charge in [-0.15, -0.1) is 0 Å². The van der Waals surface area contributed by atoms with E-state index in [4.69, 9.17) is 0 Å². The lowest BCUT2D eigenvalue weighted by Gasteiger charge is -2.42. The number of unbranched alkanes of at least 4 members (excludes halogenated alkanes) is 8. The Bertz CT molecular complexity index is 1080. The number of fused-ring (bicyclic) bond motifs is 2. The average molecular weight is 553 g/mol. The summed E-state index contributed by atoms with van der Waals surface area (Å²) >= 11 is 0. The van der Waals surface area contributed by atoms with Gasteiger partial charge in [0.25, 0.3) is 0 Å². The van der Waals surface area contributed by atoms with E-state index in [2.05, 4.69) is 90.1 Å². The quantitative estimate of drug-likeness (QED) is 0.161. The fourth-order valence-electron chi connectivity index (χ4n) is 8.10. The molecule has 0 spiro atoms. The molecular weight excluding hydrogens is 492 g/mol. The summed E-state index contributed by atoms with van der Waals surface area (Å²) in [5.74, 6) is 0.989. The van der Waals surface area contributed by atoms with E-state index in [0.29, 0.717) is 11.8 Å². The summed E-state index contributed by atoms with van der Waals surface area (Å²) < 4.78 is 0. The van der Waals surface area contributed by atoms with Gasteiger partial charge in [0.1, 0.15) is 0 Å². The Balaban J connectivity index is 1.72. The molecule has 224 valence electrons. The van der Waals surface area contributed by atoms with Crippen LogP contribution in [0.1, 0.15) is 177 Å². The summed E-state index contributed by atoms with van der Waals surface area (Å²) in [5, 5.41) is 0. The van der Waals surface area contributed by atoms with Crippen LogP contribution in [0, 0.1) is 5.41 Å². The number of benzene rings is 2. The number of allylic oxidation sites excluding steroid dienone is 2. The molecule has 0 saturated heterocycles. The van der Waals surface area contributed by atoms with Crippen LogP contribution in [0.25, 0.3) is 12.2 Å². The van der Waals surface area contributed by atoms with Gasteiger partial charge in [-0.3, -0.25) is 0 Å². The van der Waals surface area contributed by atoms with Gasteiger partial charge in [-0.2, -0.15) is 0 Å². The van der Waals surface area contributed by atoms with E-state index in [0.717, 1.165) is 0 Å². The normalized spacial score (nSPS) is 17.9. The molecule has 2 unspecified atom stereocenters. The van der Waals surface area contributed by atoms with Crippen LogP contribution in [0.5, 0.6) is 0 Å². The van der Waals surface area contributed by atoms with Crippen molar-refractivity contribution in [2.45, 2.75) is 156 Å². The van der Waals surface area contributed by atoms with Crippen molar-refractivity contribution < 1.29 is 0 Å². The summed E-state index contributed by atoms with van der Waals surface area (Å²) in [4.78, 5) is 0. The van der Waals surface area contributed by atoms with E-state index in [1.165, 1.54) is 103 Å². The van der Waals surface area contributed by atoms with Crippen molar-refractivity contribution in [1.29, 1.82) is 0 Å². The lowest BCUT2D eigenvalue weighted by molar-refractivity contribution is 0.267. The van der Waals surface area contributed by atoms with Gasteiger partial charge >= 0.3 is 0 Å². The average Bonchev–Trinajstić information content (AvgIpc) is 3.55. The molecule has 41 heavy (non-hydrogen) atoms. The predicted molar refractivity (Wildman–Crippen MR) is 183 cm³/mol. The van der Waals surface area contributed by atoms with Crippen LogP contribution in [0.4, 0.5) is 0 Å². The lowest BCUT2D eigenvalue weighted by atomic mass is 9.61. The number of hydrogen-bond donors (Lipinski definition) is 0. The Morgan fingerprint density at radius 1 is 0.488 bits per heavy atom. The van der Waals surface area contributed by atoms with Gasteiger partial charge in [-0.25, -0.2) is 0 Å². The van der Waals surface area contributed by atoms with E-state index < -0.39 is 0 Å². The molecule has 4 rings (SSSR count). The highest BCUT2D eigenvalue weighted by molar-refractivity contribution is 5.73. The van der Waals surface area contributed by atoms with E-state index in [1.807, 2.05) is 0 Å². The Morgan fingerprint density at radius 2 is 0.902 bits per heavy atom. The monoisotopic (exact) mass is 552 g/mol. The third-order valence-electron chi connectivity index (χ3n) is 10.2. The van der Waals surface area contributed by atoms with Crippen molar-refractivity contribution in [2.75, 3.05) is 0 Å². The van der Waals surface area contributed by atoms with Gasteiger partial charge in [0.05, 0.1) is 0 Å². The summed E-state index contributed by atoms with van der Waals surface area (Å²) in [7, 11) is 0. The number of aryl methyl sites for hydroxylation is 2. The molecule has 0 fully saturated rings. The highest BCUT2D eigenvalue weighted by Crippen LogP contribution is 2.60. The van der Waals surface area contributed by atoms with Crippen molar-refractivity contribution in [3.8, 4) is 0 Å². The summed E-state index contributed by atoms with van der Waals surface area (Å²) in [6.45, 7) is 14.6. The van der Waals surface area contributed by atoms with Crippen LogP contribution in [0.2, 0.25) is 0 Å². The van der Waals surface area contributed by atoms with Crippen molar-refractivity contribution in [3.05, 3.63) is 80.9 Å². The zero-order chi connectivity index (χ0) is 29.2. The molecular formula is C41H60. The smallest absolute Gasteiger partial charge is 0.0118 e. The third-order valence-corrected chi connectivity index (χ3v) is 10.2. The minimum Gasteiger partial charge on any atom is -0.0654 e. The SMILES string of the molecule is CCCCCCc1cccc2c1C=C(CCCC)C2C(C)(C)C1C(CCCC)=Cc2c(CCCCCC)cccc21. The molecule has 0 bridgehead atoms. The first-order valence-electron chi connectivity index (χ1n) is 17.6. The minimum atomic E-state index is 0.122. The Morgan fingerprint density at radius 3 is 1.29 bits per heavy atom. The summed E-state index contributed by atoms with van der Waals surface area (Å²) in [5.41, 5.74) is 13.1. The highest BCUT2D eigenvalue weighted by Gasteiger charge is 2.46. The fourth-order valence-corrected chi connectivity index (χ4v) is 8.10. The van der Waals surface area contributed by atoms with Crippen LogP contribution in [-0.4, -0.2) is 0 Å². The van der Waals surface area contributed by atoms with Crippen molar-refractivity contribution in [3.63, 3.8) is 0 Å². The van der Waals surface area contributed by atoms with Crippen LogP contribution in [-0.2, 0) is 12.8 Å². The number of rotatable bonds is 18. The fraction of sp³-hybridized carbons (Fsp3) is 0.610. The second kappa shape index (κ2) is 15.4. The molecule has 2 aromatic carbocycles. The first-order valence-corrected chi connectivity index (χ1v) is 17.6. The molecule has 0 aromatic heterocycles. The minimum absolute atomic E-state index is 0.122. The molecule has 0 aliphatic heterocycles. The Labute approximate surface area is 254 Å². The first-order chi connectivity index (χ1) is 20.0. The predicted octanol–water partition coefficient (Wildman–Crippen LogP) is 13.0. The van der Waals surface area contributed by atoms with Gasteiger partial charge in [0.2, 0.25) is 0 Å². The largest absolute Gasteiger partial charge is 0.0654 e. The Kier molecular flexibility index (Phi) is 12.0. The molecule has 2 aliphatic carbocycles.